The fourth-order valence-electron chi connectivity index (χ4n) is 6.54. The van der Waals surface area contributed by atoms with Crippen molar-refractivity contribution in [1.82, 2.24) is 5.32 Å². The summed E-state index contributed by atoms with van der Waals surface area (Å²) < 4.78 is 5.59. The van der Waals surface area contributed by atoms with E-state index in [1.54, 1.807) is 6.07 Å². The molecule has 7 heteroatoms. The lowest BCUT2D eigenvalue weighted by Gasteiger charge is -2.72. The first-order valence-corrected chi connectivity index (χ1v) is 12.4. The molecular weight excluding hydrogens is 485 g/mol. The zero-order valence-electron chi connectivity index (χ0n) is 18.8. The Balaban J connectivity index is 1.13. The summed E-state index contributed by atoms with van der Waals surface area (Å²) in [5.74, 6) is -1.12. The smallest absolute Gasteiger partial charge is 0.407 e. The van der Waals surface area contributed by atoms with Crippen LogP contribution in [0.25, 0.3) is 11.1 Å². The molecule has 4 aliphatic carbocycles. The SMILES string of the molecule is O=C(NC(C(=O)O)C12CC(c3ccc(Cl)c(Cl)c3)(C1)C2)OCC1c2ccccc2-c2ccccc21. The number of alkyl carbamates (subject to hydrolysis) is 1. The summed E-state index contributed by atoms with van der Waals surface area (Å²) in [6.45, 7) is 0.145. The van der Waals surface area contributed by atoms with Crippen LogP contribution in [0.4, 0.5) is 4.79 Å². The van der Waals surface area contributed by atoms with Gasteiger partial charge in [0.05, 0.1) is 10.0 Å². The number of amides is 1. The molecule has 1 amide bonds. The Bertz CT molecular complexity index is 1310. The first-order chi connectivity index (χ1) is 16.8. The lowest BCUT2D eigenvalue weighted by molar-refractivity contribution is -0.183. The number of benzene rings is 3. The molecule has 3 aromatic carbocycles. The van der Waals surface area contributed by atoms with Crippen LogP contribution in [-0.4, -0.2) is 29.8 Å². The molecule has 178 valence electrons. The average molecular weight is 508 g/mol. The second-order valence-corrected chi connectivity index (χ2v) is 10.9. The Morgan fingerprint density at radius 1 is 0.943 bits per heavy atom. The molecule has 4 aliphatic rings. The van der Waals surface area contributed by atoms with Gasteiger partial charge in [-0.05, 0) is 64.6 Å². The molecule has 0 spiro atoms. The molecule has 1 unspecified atom stereocenters. The third kappa shape index (κ3) is 3.44. The van der Waals surface area contributed by atoms with Gasteiger partial charge in [-0.3, -0.25) is 0 Å². The third-order valence-electron chi connectivity index (χ3n) is 8.07. The van der Waals surface area contributed by atoms with Gasteiger partial charge in [0.2, 0.25) is 0 Å². The monoisotopic (exact) mass is 507 g/mol. The van der Waals surface area contributed by atoms with Gasteiger partial charge in [0.25, 0.3) is 0 Å². The zero-order chi connectivity index (χ0) is 24.4. The zero-order valence-corrected chi connectivity index (χ0v) is 20.3. The van der Waals surface area contributed by atoms with Gasteiger partial charge in [-0.25, -0.2) is 9.59 Å². The second-order valence-electron chi connectivity index (χ2n) is 10.0. The summed E-state index contributed by atoms with van der Waals surface area (Å²) in [7, 11) is 0. The number of carboxylic acids is 1. The summed E-state index contributed by atoms with van der Waals surface area (Å²) in [6, 6.07) is 20.8. The van der Waals surface area contributed by atoms with Gasteiger partial charge in [-0.1, -0.05) is 77.8 Å². The Morgan fingerprint density at radius 2 is 1.54 bits per heavy atom. The van der Waals surface area contributed by atoms with E-state index in [0.717, 1.165) is 27.8 Å². The van der Waals surface area contributed by atoms with Crippen LogP contribution in [-0.2, 0) is 14.9 Å². The molecule has 5 nitrogen and oxygen atoms in total. The van der Waals surface area contributed by atoms with E-state index in [-0.39, 0.29) is 17.9 Å². The molecule has 0 radical (unpaired) electrons. The predicted molar refractivity (Wildman–Crippen MR) is 134 cm³/mol. The number of nitrogens with one attached hydrogen (secondary N) is 1. The van der Waals surface area contributed by atoms with E-state index < -0.39 is 23.5 Å². The molecule has 0 aromatic heterocycles. The van der Waals surface area contributed by atoms with Crippen LogP contribution in [0.3, 0.4) is 0 Å². The number of fused-ring (bicyclic) bond motifs is 3. The van der Waals surface area contributed by atoms with Crippen molar-refractivity contribution in [1.29, 1.82) is 0 Å². The first kappa shape index (κ1) is 22.4. The summed E-state index contributed by atoms with van der Waals surface area (Å²) in [6.07, 6.45) is 1.34. The Morgan fingerprint density at radius 3 is 2.11 bits per heavy atom. The van der Waals surface area contributed by atoms with Crippen molar-refractivity contribution in [2.24, 2.45) is 5.41 Å². The van der Waals surface area contributed by atoms with Crippen molar-refractivity contribution in [2.45, 2.75) is 36.6 Å². The Labute approximate surface area is 213 Å². The van der Waals surface area contributed by atoms with E-state index in [2.05, 4.69) is 17.4 Å². The predicted octanol–water partition coefficient (Wildman–Crippen LogP) is 6.41. The lowest BCUT2D eigenvalue weighted by Crippen LogP contribution is -2.73. The van der Waals surface area contributed by atoms with Crippen molar-refractivity contribution in [3.05, 3.63) is 93.5 Å². The Kier molecular flexibility index (Phi) is 5.13. The van der Waals surface area contributed by atoms with Gasteiger partial charge in [-0.2, -0.15) is 0 Å². The molecule has 7 rings (SSSR count). The van der Waals surface area contributed by atoms with Gasteiger partial charge in [0, 0.05) is 11.3 Å². The van der Waals surface area contributed by atoms with E-state index in [0.29, 0.717) is 29.3 Å². The van der Waals surface area contributed by atoms with Gasteiger partial charge in [0.15, 0.2) is 0 Å². The second kappa shape index (κ2) is 8.00. The number of hydrogen-bond donors (Lipinski definition) is 2. The molecule has 0 aliphatic heterocycles. The van der Waals surface area contributed by atoms with Crippen molar-refractivity contribution >= 4 is 35.3 Å². The molecule has 3 fully saturated rings. The first-order valence-electron chi connectivity index (χ1n) is 11.6. The summed E-state index contributed by atoms with van der Waals surface area (Å²) in [5.41, 5.74) is 5.01. The van der Waals surface area contributed by atoms with Crippen LogP contribution in [0.1, 0.15) is 41.9 Å². The van der Waals surface area contributed by atoms with E-state index in [9.17, 15) is 14.7 Å². The number of aliphatic carboxylic acids is 1. The van der Waals surface area contributed by atoms with Crippen molar-refractivity contribution in [2.75, 3.05) is 6.61 Å². The largest absolute Gasteiger partial charge is 0.480 e. The highest BCUT2D eigenvalue weighted by Gasteiger charge is 2.72. The quantitative estimate of drug-likeness (QED) is 0.404. The van der Waals surface area contributed by atoms with Crippen molar-refractivity contribution in [3.63, 3.8) is 0 Å². The fourth-order valence-corrected chi connectivity index (χ4v) is 6.84. The van der Waals surface area contributed by atoms with Crippen LogP contribution in [0.2, 0.25) is 10.0 Å². The van der Waals surface area contributed by atoms with Gasteiger partial charge < -0.3 is 15.2 Å². The minimum Gasteiger partial charge on any atom is -0.480 e. The summed E-state index contributed by atoms with van der Waals surface area (Å²) >= 11 is 12.2. The fraction of sp³-hybridized carbons (Fsp3) is 0.286. The Hall–Kier alpha value is -3.02. The molecule has 0 saturated heterocycles. The number of carbonyl (C=O) groups is 2. The highest BCUT2D eigenvalue weighted by molar-refractivity contribution is 6.42. The maximum Gasteiger partial charge on any atom is 0.407 e. The van der Waals surface area contributed by atoms with Gasteiger partial charge in [-0.15, -0.1) is 0 Å². The van der Waals surface area contributed by atoms with Gasteiger partial charge in [0.1, 0.15) is 12.6 Å². The van der Waals surface area contributed by atoms with E-state index in [1.165, 1.54) is 0 Å². The molecular formula is C28H23Cl2NO4. The van der Waals surface area contributed by atoms with Gasteiger partial charge >= 0.3 is 12.1 Å². The van der Waals surface area contributed by atoms with E-state index in [4.69, 9.17) is 27.9 Å². The molecule has 3 aromatic rings. The molecule has 0 heterocycles. The summed E-state index contributed by atoms with van der Waals surface area (Å²) in [5, 5.41) is 13.6. The maximum absolute atomic E-state index is 12.7. The lowest BCUT2D eigenvalue weighted by atomic mass is 9.31. The standard InChI is InChI=1S/C28H23Cl2NO4/c29-22-10-9-16(11-23(22)30)27-13-28(14-27,15-27)24(25(32)33)31-26(34)35-12-21-19-7-3-1-5-17(19)18-6-2-4-8-20(18)21/h1-11,21,24H,12-15H2,(H,31,34)(H,32,33). The van der Waals surface area contributed by atoms with Crippen molar-refractivity contribution in [3.8, 4) is 11.1 Å². The number of halogens is 2. The number of carboxylic acid groups (broad SMARTS) is 1. The highest BCUT2D eigenvalue weighted by Crippen LogP contribution is 2.75. The topological polar surface area (TPSA) is 75.6 Å². The minimum absolute atomic E-state index is 0.0794. The number of carbonyl (C=O) groups excluding carboxylic acids is 1. The minimum atomic E-state index is -1.04. The average Bonchev–Trinajstić information content (AvgIpc) is 3.11. The van der Waals surface area contributed by atoms with Crippen LogP contribution in [0.5, 0.6) is 0 Å². The molecule has 1 atom stereocenters. The van der Waals surface area contributed by atoms with Crippen molar-refractivity contribution < 1.29 is 19.4 Å². The van der Waals surface area contributed by atoms with Crippen LogP contribution in [0, 0.1) is 5.41 Å². The maximum atomic E-state index is 12.7. The number of ether oxygens (including phenoxy) is 1. The molecule has 3 saturated carbocycles. The van der Waals surface area contributed by atoms with Crippen LogP contribution in [0.15, 0.2) is 66.7 Å². The van der Waals surface area contributed by atoms with E-state index in [1.807, 2.05) is 48.5 Å². The molecule has 35 heavy (non-hydrogen) atoms. The highest BCUT2D eigenvalue weighted by atomic mass is 35.5. The third-order valence-corrected chi connectivity index (χ3v) is 8.81. The normalized spacial score (nSPS) is 24.4. The van der Waals surface area contributed by atoms with Crippen LogP contribution < -0.4 is 5.32 Å². The van der Waals surface area contributed by atoms with E-state index >= 15 is 0 Å². The molecule has 2 bridgehead atoms. The van der Waals surface area contributed by atoms with Crippen LogP contribution >= 0.6 is 23.2 Å². The molecule has 2 N–H and O–H groups in total. The number of hydrogen-bond acceptors (Lipinski definition) is 3. The number of rotatable bonds is 6. The summed E-state index contributed by atoms with van der Waals surface area (Å²) in [4.78, 5) is 24.9.